The number of nitrogens with zero attached hydrogens (tertiary/aromatic N) is 1. The van der Waals surface area contributed by atoms with E-state index >= 15 is 0 Å². The third-order valence-corrected chi connectivity index (χ3v) is 3.63. The molecule has 1 fully saturated rings. The monoisotopic (exact) mass is 249 g/mol. The molecule has 17 heavy (non-hydrogen) atoms. The number of carbonyl (C=O) groups excluding carboxylic acids is 1. The summed E-state index contributed by atoms with van der Waals surface area (Å²) >= 11 is 6.24. The highest BCUT2D eigenvalue weighted by molar-refractivity contribution is 6.38. The maximum atomic E-state index is 11.6. The van der Waals surface area contributed by atoms with Crippen molar-refractivity contribution >= 4 is 23.6 Å². The SMILES string of the molecule is C/C(=C/c1ccccc1)[C@@H]1N(C)C(=O)[C@]1(C)Cl. The topological polar surface area (TPSA) is 20.3 Å². The van der Waals surface area contributed by atoms with Crippen molar-refractivity contribution in [1.29, 1.82) is 0 Å². The normalized spacial score (nSPS) is 29.2. The van der Waals surface area contributed by atoms with E-state index < -0.39 is 4.87 Å². The van der Waals surface area contributed by atoms with Crippen LogP contribution >= 0.6 is 11.6 Å². The number of halogens is 1. The van der Waals surface area contributed by atoms with Crippen molar-refractivity contribution < 1.29 is 4.79 Å². The minimum Gasteiger partial charge on any atom is -0.335 e. The second-order valence-corrected chi connectivity index (χ2v) is 5.48. The fraction of sp³-hybridized carbons (Fsp3) is 0.357. The van der Waals surface area contributed by atoms with E-state index in [1.165, 1.54) is 0 Å². The molecule has 0 bridgehead atoms. The number of hydrogen-bond acceptors (Lipinski definition) is 1. The van der Waals surface area contributed by atoms with Gasteiger partial charge in [-0.05, 0) is 25.0 Å². The van der Waals surface area contributed by atoms with E-state index in [0.717, 1.165) is 11.1 Å². The molecular weight excluding hydrogens is 234 g/mol. The molecule has 0 N–H and O–H groups in total. The first kappa shape index (κ1) is 12.2. The molecule has 3 heteroatoms. The molecule has 1 aromatic carbocycles. The summed E-state index contributed by atoms with van der Waals surface area (Å²) in [5.41, 5.74) is 2.24. The molecule has 2 nitrogen and oxygen atoms in total. The van der Waals surface area contributed by atoms with E-state index in [-0.39, 0.29) is 11.9 Å². The highest BCUT2D eigenvalue weighted by Crippen LogP contribution is 2.39. The predicted molar refractivity (Wildman–Crippen MR) is 70.9 cm³/mol. The lowest BCUT2D eigenvalue weighted by atomic mass is 9.83. The van der Waals surface area contributed by atoms with Gasteiger partial charge in [-0.2, -0.15) is 0 Å². The van der Waals surface area contributed by atoms with Gasteiger partial charge in [-0.25, -0.2) is 0 Å². The lowest BCUT2D eigenvalue weighted by Gasteiger charge is -2.49. The molecule has 0 radical (unpaired) electrons. The zero-order valence-electron chi connectivity index (χ0n) is 10.3. The van der Waals surface area contributed by atoms with Crippen molar-refractivity contribution in [2.45, 2.75) is 24.8 Å². The predicted octanol–water partition coefficient (Wildman–Crippen LogP) is 2.93. The number of carbonyl (C=O) groups is 1. The Hall–Kier alpha value is -1.28. The van der Waals surface area contributed by atoms with Gasteiger partial charge in [0, 0.05) is 7.05 Å². The largest absolute Gasteiger partial charge is 0.335 e. The van der Waals surface area contributed by atoms with Crippen molar-refractivity contribution in [3.8, 4) is 0 Å². The number of benzene rings is 1. The van der Waals surface area contributed by atoms with Crippen LogP contribution < -0.4 is 0 Å². The van der Waals surface area contributed by atoms with Gasteiger partial charge in [0.25, 0.3) is 0 Å². The van der Waals surface area contributed by atoms with E-state index in [1.807, 2.05) is 37.3 Å². The number of rotatable bonds is 2. The van der Waals surface area contributed by atoms with Crippen LogP contribution in [0.25, 0.3) is 6.08 Å². The summed E-state index contributed by atoms with van der Waals surface area (Å²) in [6.07, 6.45) is 2.08. The molecule has 0 spiro atoms. The zero-order chi connectivity index (χ0) is 12.6. The fourth-order valence-corrected chi connectivity index (χ4v) is 2.95. The van der Waals surface area contributed by atoms with Gasteiger partial charge in [0.2, 0.25) is 5.91 Å². The second-order valence-electron chi connectivity index (χ2n) is 4.69. The summed E-state index contributed by atoms with van der Waals surface area (Å²) in [5, 5.41) is 0. The molecule has 1 amide bonds. The Morgan fingerprint density at radius 3 is 2.53 bits per heavy atom. The summed E-state index contributed by atoms with van der Waals surface area (Å²) in [4.78, 5) is 12.5. The lowest BCUT2D eigenvalue weighted by molar-refractivity contribution is -0.146. The van der Waals surface area contributed by atoms with Gasteiger partial charge in [0.15, 0.2) is 0 Å². The molecule has 0 unspecified atom stereocenters. The van der Waals surface area contributed by atoms with Crippen LogP contribution in [0.3, 0.4) is 0 Å². The molecule has 1 aromatic rings. The Kier molecular flexibility index (Phi) is 3.00. The highest BCUT2D eigenvalue weighted by atomic mass is 35.5. The third kappa shape index (κ3) is 1.98. The minimum atomic E-state index is -0.788. The minimum absolute atomic E-state index is 0.00928. The average Bonchev–Trinajstić information content (AvgIpc) is 2.29. The van der Waals surface area contributed by atoms with Gasteiger partial charge in [0.05, 0.1) is 6.04 Å². The highest BCUT2D eigenvalue weighted by Gasteiger charge is 2.55. The van der Waals surface area contributed by atoms with Crippen molar-refractivity contribution in [1.82, 2.24) is 4.90 Å². The molecular formula is C14H16ClNO. The number of β-lactam (4-membered cyclic amide) rings is 1. The zero-order valence-corrected chi connectivity index (χ0v) is 11.0. The smallest absolute Gasteiger partial charge is 0.246 e. The Bertz CT molecular complexity index is 464. The molecule has 0 aromatic heterocycles. The molecule has 2 rings (SSSR count). The molecule has 90 valence electrons. The first-order chi connectivity index (χ1) is 7.94. The Labute approximate surface area is 107 Å². The van der Waals surface area contributed by atoms with Crippen molar-refractivity contribution in [2.24, 2.45) is 0 Å². The number of amides is 1. The Balaban J connectivity index is 2.25. The third-order valence-electron chi connectivity index (χ3n) is 3.26. The van der Waals surface area contributed by atoms with Gasteiger partial charge in [-0.3, -0.25) is 4.79 Å². The van der Waals surface area contributed by atoms with Crippen LogP contribution in [0.1, 0.15) is 19.4 Å². The number of likely N-dealkylation sites (tertiary alicyclic amines) is 1. The summed E-state index contributed by atoms with van der Waals surface area (Å²) in [6, 6.07) is 10.0. The van der Waals surface area contributed by atoms with Crippen LogP contribution in [-0.2, 0) is 4.79 Å². The maximum absolute atomic E-state index is 11.6. The van der Waals surface area contributed by atoms with E-state index in [4.69, 9.17) is 11.6 Å². The van der Waals surface area contributed by atoms with Gasteiger partial charge in [0.1, 0.15) is 4.87 Å². The van der Waals surface area contributed by atoms with Crippen LogP contribution in [0.4, 0.5) is 0 Å². The van der Waals surface area contributed by atoms with Crippen LogP contribution in [0.5, 0.6) is 0 Å². The molecule has 1 aliphatic heterocycles. The molecule has 1 saturated heterocycles. The van der Waals surface area contributed by atoms with Gasteiger partial charge < -0.3 is 4.90 Å². The van der Waals surface area contributed by atoms with E-state index in [1.54, 1.807) is 18.9 Å². The number of likely N-dealkylation sites (N-methyl/N-ethyl adjacent to an activating group) is 1. The van der Waals surface area contributed by atoms with Gasteiger partial charge >= 0.3 is 0 Å². The van der Waals surface area contributed by atoms with E-state index in [9.17, 15) is 4.79 Å². The number of hydrogen-bond donors (Lipinski definition) is 0. The van der Waals surface area contributed by atoms with E-state index in [0.29, 0.717) is 0 Å². The van der Waals surface area contributed by atoms with Crippen LogP contribution in [0, 0.1) is 0 Å². The van der Waals surface area contributed by atoms with Gasteiger partial charge in [-0.1, -0.05) is 36.4 Å². The molecule has 1 heterocycles. The van der Waals surface area contributed by atoms with Crippen molar-refractivity contribution in [3.05, 3.63) is 41.5 Å². The quantitative estimate of drug-likeness (QED) is 0.583. The standard InChI is InChI=1S/C14H16ClNO/c1-10(9-11-7-5-4-6-8-11)12-14(2,15)13(17)16(12)3/h4-9,12H,1-3H3/b10-9-/t12-,14+/m0/s1. The maximum Gasteiger partial charge on any atom is 0.246 e. The van der Waals surface area contributed by atoms with E-state index in [2.05, 4.69) is 6.08 Å². The van der Waals surface area contributed by atoms with Crippen LogP contribution in [-0.4, -0.2) is 28.8 Å². The summed E-state index contributed by atoms with van der Waals surface area (Å²) in [5.74, 6) is -0.00928. The summed E-state index contributed by atoms with van der Waals surface area (Å²) in [6.45, 7) is 3.80. The average molecular weight is 250 g/mol. The second kappa shape index (κ2) is 4.19. The van der Waals surface area contributed by atoms with Crippen LogP contribution in [0.2, 0.25) is 0 Å². The lowest BCUT2D eigenvalue weighted by Crippen LogP contribution is -2.68. The molecule has 1 aliphatic rings. The summed E-state index contributed by atoms with van der Waals surface area (Å²) in [7, 11) is 1.79. The Morgan fingerprint density at radius 2 is 2.00 bits per heavy atom. The van der Waals surface area contributed by atoms with Crippen molar-refractivity contribution in [3.63, 3.8) is 0 Å². The molecule has 0 saturated carbocycles. The first-order valence-electron chi connectivity index (χ1n) is 5.64. The first-order valence-corrected chi connectivity index (χ1v) is 6.02. The molecule has 2 atom stereocenters. The summed E-state index contributed by atoms with van der Waals surface area (Å²) < 4.78 is 0. The van der Waals surface area contributed by atoms with Gasteiger partial charge in [-0.15, -0.1) is 11.6 Å². The fourth-order valence-electron chi connectivity index (χ4n) is 2.50. The molecule has 0 aliphatic carbocycles. The van der Waals surface area contributed by atoms with Crippen molar-refractivity contribution in [2.75, 3.05) is 7.05 Å². The number of alkyl halides is 1. The Morgan fingerprint density at radius 1 is 1.41 bits per heavy atom. The van der Waals surface area contributed by atoms with Crippen LogP contribution in [0.15, 0.2) is 35.9 Å².